The van der Waals surface area contributed by atoms with E-state index in [1.54, 1.807) is 30.2 Å². The van der Waals surface area contributed by atoms with Gasteiger partial charge in [-0.1, -0.05) is 12.1 Å². The lowest BCUT2D eigenvalue weighted by Crippen LogP contribution is -2.45. The number of carbonyl (C=O) groups excluding carboxylic acids is 3. The van der Waals surface area contributed by atoms with Crippen molar-refractivity contribution in [2.75, 3.05) is 20.3 Å². The molecule has 2 atom stereocenters. The summed E-state index contributed by atoms with van der Waals surface area (Å²) in [6, 6.07) is 6.52. The maximum Gasteiger partial charge on any atom is 0.328 e. The van der Waals surface area contributed by atoms with E-state index in [2.05, 4.69) is 5.32 Å². The van der Waals surface area contributed by atoms with Gasteiger partial charge in [0, 0.05) is 18.7 Å². The fourth-order valence-corrected chi connectivity index (χ4v) is 3.02. The van der Waals surface area contributed by atoms with Crippen LogP contribution in [-0.2, 0) is 19.1 Å². The standard InChI is InChI=1S/C21H28N2O5/c1-15-6-4-5-13-23(15)20(25)14-28-21(26)16(2)22-19(24)12-9-17-7-10-18(27-3)11-8-17/h7-12,15-16H,4-6,13-14H2,1-3H3,(H,22,24)/b12-9+/t15-,16-/m0/s1. The Kier molecular flexibility index (Phi) is 8.04. The third kappa shape index (κ3) is 6.40. The molecular weight excluding hydrogens is 360 g/mol. The van der Waals surface area contributed by atoms with E-state index in [1.165, 1.54) is 13.0 Å². The highest BCUT2D eigenvalue weighted by molar-refractivity contribution is 5.94. The largest absolute Gasteiger partial charge is 0.497 e. The second-order valence-electron chi connectivity index (χ2n) is 6.88. The van der Waals surface area contributed by atoms with Crippen LogP contribution in [0.5, 0.6) is 5.75 Å². The summed E-state index contributed by atoms with van der Waals surface area (Å²) in [6.45, 7) is 3.91. The topological polar surface area (TPSA) is 84.9 Å². The molecule has 0 saturated carbocycles. The first-order chi connectivity index (χ1) is 13.4. The van der Waals surface area contributed by atoms with Gasteiger partial charge in [0.1, 0.15) is 11.8 Å². The van der Waals surface area contributed by atoms with E-state index < -0.39 is 17.9 Å². The fourth-order valence-electron chi connectivity index (χ4n) is 3.02. The lowest BCUT2D eigenvalue weighted by atomic mass is 10.0. The molecular formula is C21H28N2O5. The van der Waals surface area contributed by atoms with Gasteiger partial charge in [-0.2, -0.15) is 0 Å². The highest BCUT2D eigenvalue weighted by atomic mass is 16.5. The monoisotopic (exact) mass is 388 g/mol. The number of benzene rings is 1. The average molecular weight is 388 g/mol. The van der Waals surface area contributed by atoms with Crippen molar-refractivity contribution in [2.24, 2.45) is 0 Å². The van der Waals surface area contributed by atoms with E-state index in [0.717, 1.165) is 30.6 Å². The zero-order valence-electron chi connectivity index (χ0n) is 16.6. The maximum atomic E-state index is 12.2. The van der Waals surface area contributed by atoms with E-state index in [9.17, 15) is 14.4 Å². The summed E-state index contributed by atoms with van der Waals surface area (Å²) in [5, 5.41) is 2.53. The summed E-state index contributed by atoms with van der Waals surface area (Å²) in [5.41, 5.74) is 0.826. The molecule has 0 radical (unpaired) electrons. The van der Waals surface area contributed by atoms with Gasteiger partial charge in [0.25, 0.3) is 5.91 Å². The number of amides is 2. The molecule has 1 aromatic carbocycles. The van der Waals surface area contributed by atoms with E-state index >= 15 is 0 Å². The summed E-state index contributed by atoms with van der Waals surface area (Å²) in [6.07, 6.45) is 6.02. The molecule has 0 bridgehead atoms. The number of likely N-dealkylation sites (tertiary alicyclic amines) is 1. The Morgan fingerprint density at radius 1 is 1.25 bits per heavy atom. The molecule has 1 fully saturated rings. The van der Waals surface area contributed by atoms with Crippen LogP contribution in [0.1, 0.15) is 38.7 Å². The third-order valence-corrected chi connectivity index (χ3v) is 4.72. The minimum atomic E-state index is -0.848. The van der Waals surface area contributed by atoms with E-state index in [4.69, 9.17) is 9.47 Å². The summed E-state index contributed by atoms with van der Waals surface area (Å²) < 4.78 is 10.1. The highest BCUT2D eigenvalue weighted by Gasteiger charge is 2.25. The number of nitrogens with one attached hydrogen (secondary N) is 1. The second kappa shape index (κ2) is 10.5. The van der Waals surface area contributed by atoms with Gasteiger partial charge in [-0.05, 0) is 56.9 Å². The predicted octanol–water partition coefficient (Wildman–Crippen LogP) is 2.16. The van der Waals surface area contributed by atoms with Crippen LogP contribution in [0, 0.1) is 0 Å². The van der Waals surface area contributed by atoms with Gasteiger partial charge in [0.05, 0.1) is 7.11 Å². The number of hydrogen-bond acceptors (Lipinski definition) is 5. The van der Waals surface area contributed by atoms with Crippen molar-refractivity contribution < 1.29 is 23.9 Å². The molecule has 2 rings (SSSR count). The number of piperidine rings is 1. The maximum absolute atomic E-state index is 12.2. The molecule has 28 heavy (non-hydrogen) atoms. The number of esters is 1. The summed E-state index contributed by atoms with van der Waals surface area (Å²) in [4.78, 5) is 38.0. The van der Waals surface area contributed by atoms with Gasteiger partial charge in [-0.3, -0.25) is 9.59 Å². The molecule has 1 aromatic rings. The van der Waals surface area contributed by atoms with Gasteiger partial charge in [-0.25, -0.2) is 4.79 Å². The van der Waals surface area contributed by atoms with Crippen molar-refractivity contribution >= 4 is 23.9 Å². The normalized spacial score (nSPS) is 17.8. The predicted molar refractivity (Wildman–Crippen MR) is 106 cm³/mol. The molecule has 152 valence electrons. The third-order valence-electron chi connectivity index (χ3n) is 4.72. The van der Waals surface area contributed by atoms with Crippen LogP contribution in [-0.4, -0.2) is 55.0 Å². The summed E-state index contributed by atoms with van der Waals surface area (Å²) in [5.74, 6) is -0.523. The van der Waals surface area contributed by atoms with E-state index in [1.807, 2.05) is 19.1 Å². The number of rotatable bonds is 7. The Morgan fingerprint density at radius 3 is 2.61 bits per heavy atom. The zero-order chi connectivity index (χ0) is 20.5. The van der Waals surface area contributed by atoms with Crippen molar-refractivity contribution in [3.05, 3.63) is 35.9 Å². The number of ether oxygens (including phenoxy) is 2. The summed E-state index contributed by atoms with van der Waals surface area (Å²) >= 11 is 0. The second-order valence-corrected chi connectivity index (χ2v) is 6.88. The Bertz CT molecular complexity index is 714. The molecule has 2 amide bonds. The van der Waals surface area contributed by atoms with E-state index in [-0.39, 0.29) is 18.6 Å². The SMILES string of the molecule is COc1ccc(/C=C/C(=O)N[C@@H](C)C(=O)OCC(=O)N2CCCC[C@@H]2C)cc1. The van der Waals surface area contributed by atoms with Gasteiger partial charge in [0.2, 0.25) is 5.91 Å². The molecule has 0 spiro atoms. The fraction of sp³-hybridized carbons (Fsp3) is 0.476. The highest BCUT2D eigenvalue weighted by Crippen LogP contribution is 2.16. The molecule has 1 aliphatic heterocycles. The molecule has 7 heteroatoms. The molecule has 7 nitrogen and oxygen atoms in total. The quantitative estimate of drug-likeness (QED) is 0.572. The number of nitrogens with zero attached hydrogens (tertiary/aromatic N) is 1. The molecule has 1 N–H and O–H groups in total. The van der Waals surface area contributed by atoms with Crippen LogP contribution >= 0.6 is 0 Å². The van der Waals surface area contributed by atoms with Crippen molar-refractivity contribution in [1.29, 1.82) is 0 Å². The molecule has 0 aromatic heterocycles. The van der Waals surface area contributed by atoms with Crippen molar-refractivity contribution in [1.82, 2.24) is 10.2 Å². The van der Waals surface area contributed by atoms with Gasteiger partial charge in [0.15, 0.2) is 6.61 Å². The van der Waals surface area contributed by atoms with Crippen LogP contribution < -0.4 is 10.1 Å². The van der Waals surface area contributed by atoms with Crippen LogP contribution in [0.15, 0.2) is 30.3 Å². The molecule has 1 saturated heterocycles. The van der Waals surface area contributed by atoms with Crippen LogP contribution in [0.4, 0.5) is 0 Å². The van der Waals surface area contributed by atoms with Crippen LogP contribution in [0.3, 0.4) is 0 Å². The lowest BCUT2D eigenvalue weighted by Gasteiger charge is -2.33. The molecule has 1 aliphatic rings. The molecule has 1 heterocycles. The van der Waals surface area contributed by atoms with Crippen molar-refractivity contribution in [3.8, 4) is 5.75 Å². The minimum absolute atomic E-state index is 0.167. The van der Waals surface area contributed by atoms with E-state index in [0.29, 0.717) is 6.54 Å². The first-order valence-corrected chi connectivity index (χ1v) is 9.49. The minimum Gasteiger partial charge on any atom is -0.497 e. The average Bonchev–Trinajstić information content (AvgIpc) is 2.70. The van der Waals surface area contributed by atoms with Crippen LogP contribution in [0.2, 0.25) is 0 Å². The summed E-state index contributed by atoms with van der Waals surface area (Å²) in [7, 11) is 1.58. The number of methoxy groups -OCH3 is 1. The number of hydrogen-bond donors (Lipinski definition) is 1. The Labute approximate surface area is 165 Å². The van der Waals surface area contributed by atoms with Gasteiger partial charge < -0.3 is 19.7 Å². The molecule has 0 aliphatic carbocycles. The zero-order valence-corrected chi connectivity index (χ0v) is 16.6. The van der Waals surface area contributed by atoms with Crippen molar-refractivity contribution in [2.45, 2.75) is 45.2 Å². The Balaban J connectivity index is 1.76. The Hall–Kier alpha value is -2.83. The first-order valence-electron chi connectivity index (χ1n) is 9.49. The van der Waals surface area contributed by atoms with Gasteiger partial charge in [-0.15, -0.1) is 0 Å². The van der Waals surface area contributed by atoms with Crippen LogP contribution in [0.25, 0.3) is 6.08 Å². The molecule has 0 unspecified atom stereocenters. The number of carbonyl (C=O) groups is 3. The lowest BCUT2D eigenvalue weighted by molar-refractivity contribution is -0.155. The Morgan fingerprint density at radius 2 is 1.96 bits per heavy atom. The smallest absolute Gasteiger partial charge is 0.328 e. The van der Waals surface area contributed by atoms with Crippen molar-refractivity contribution in [3.63, 3.8) is 0 Å². The van der Waals surface area contributed by atoms with Gasteiger partial charge >= 0.3 is 5.97 Å². The first kappa shape index (κ1) is 21.5.